The summed E-state index contributed by atoms with van der Waals surface area (Å²) in [5.74, 6) is -0.991. The molecule has 100 valence electrons. The molecule has 0 amide bonds. The molecule has 5 heteroatoms. The summed E-state index contributed by atoms with van der Waals surface area (Å²) in [6, 6.07) is 2.58. The van der Waals surface area contributed by atoms with E-state index in [9.17, 15) is 14.3 Å². The van der Waals surface area contributed by atoms with Gasteiger partial charge in [0.05, 0.1) is 13.7 Å². The average Bonchev–Trinajstić information content (AvgIpc) is 2.36. The van der Waals surface area contributed by atoms with Crippen LogP contribution >= 0.6 is 0 Å². The number of carbonyl (C=O) groups excluding carboxylic acids is 1. The standard InChI is InChI=1S/C13H17FO4/c1-4-9-10(14)6-8(7-11(9)17-3)12(15)13(16)18-5-2/h6-7,12,15H,4-5H2,1-3H3. The van der Waals surface area contributed by atoms with Crippen LogP contribution in [0.4, 0.5) is 4.39 Å². The molecule has 1 rings (SSSR count). The van der Waals surface area contributed by atoms with E-state index in [-0.39, 0.29) is 12.2 Å². The van der Waals surface area contributed by atoms with Crippen molar-refractivity contribution in [1.82, 2.24) is 0 Å². The van der Waals surface area contributed by atoms with Crippen molar-refractivity contribution in [2.75, 3.05) is 13.7 Å². The van der Waals surface area contributed by atoms with Gasteiger partial charge in [-0.2, -0.15) is 0 Å². The summed E-state index contributed by atoms with van der Waals surface area (Å²) in [5.41, 5.74) is 0.539. The highest BCUT2D eigenvalue weighted by Gasteiger charge is 2.21. The number of esters is 1. The lowest BCUT2D eigenvalue weighted by Gasteiger charge is -2.14. The van der Waals surface area contributed by atoms with Gasteiger partial charge in [0.2, 0.25) is 0 Å². The number of rotatable bonds is 5. The van der Waals surface area contributed by atoms with E-state index in [1.165, 1.54) is 13.2 Å². The fourth-order valence-corrected chi connectivity index (χ4v) is 1.67. The number of hydrogen-bond donors (Lipinski definition) is 1. The Morgan fingerprint density at radius 1 is 1.44 bits per heavy atom. The van der Waals surface area contributed by atoms with E-state index in [4.69, 9.17) is 4.74 Å². The molecule has 0 saturated heterocycles. The van der Waals surface area contributed by atoms with Gasteiger partial charge in [0.25, 0.3) is 0 Å². The number of ether oxygens (including phenoxy) is 2. The van der Waals surface area contributed by atoms with Crippen LogP contribution in [0.1, 0.15) is 31.1 Å². The largest absolute Gasteiger partial charge is 0.496 e. The lowest BCUT2D eigenvalue weighted by atomic mass is 10.0. The third-order valence-corrected chi connectivity index (χ3v) is 2.58. The first kappa shape index (κ1) is 14.4. The van der Waals surface area contributed by atoms with E-state index < -0.39 is 17.9 Å². The zero-order chi connectivity index (χ0) is 13.7. The van der Waals surface area contributed by atoms with E-state index in [2.05, 4.69) is 4.74 Å². The molecular formula is C13H17FO4. The van der Waals surface area contributed by atoms with Gasteiger partial charge in [0, 0.05) is 5.56 Å². The van der Waals surface area contributed by atoms with Crippen molar-refractivity contribution in [2.24, 2.45) is 0 Å². The Balaban J connectivity index is 3.11. The zero-order valence-corrected chi connectivity index (χ0v) is 10.7. The smallest absolute Gasteiger partial charge is 0.339 e. The van der Waals surface area contributed by atoms with Crippen molar-refractivity contribution >= 4 is 5.97 Å². The van der Waals surface area contributed by atoms with Crippen molar-refractivity contribution in [3.05, 3.63) is 29.1 Å². The van der Waals surface area contributed by atoms with Gasteiger partial charge in [-0.1, -0.05) is 6.92 Å². The summed E-state index contributed by atoms with van der Waals surface area (Å²) in [5, 5.41) is 9.73. The van der Waals surface area contributed by atoms with E-state index >= 15 is 0 Å². The molecule has 0 fully saturated rings. The predicted molar refractivity (Wildman–Crippen MR) is 63.9 cm³/mol. The molecule has 1 aromatic rings. The summed E-state index contributed by atoms with van der Waals surface area (Å²) < 4.78 is 23.5. The molecule has 1 aromatic carbocycles. The van der Waals surface area contributed by atoms with Crippen LogP contribution in [0.3, 0.4) is 0 Å². The van der Waals surface area contributed by atoms with Crippen LogP contribution in [0.25, 0.3) is 0 Å². The van der Waals surface area contributed by atoms with Crippen LogP contribution in [0, 0.1) is 5.82 Å². The summed E-state index contributed by atoms with van der Waals surface area (Å²) >= 11 is 0. The number of methoxy groups -OCH3 is 1. The van der Waals surface area contributed by atoms with Gasteiger partial charge in [0.15, 0.2) is 6.10 Å². The summed E-state index contributed by atoms with van der Waals surface area (Å²) in [6.07, 6.45) is -1.04. The van der Waals surface area contributed by atoms with Gasteiger partial charge in [-0.05, 0) is 31.0 Å². The van der Waals surface area contributed by atoms with Crippen LogP contribution in [0.15, 0.2) is 12.1 Å². The summed E-state index contributed by atoms with van der Waals surface area (Å²) in [4.78, 5) is 11.4. The van der Waals surface area contributed by atoms with Crippen molar-refractivity contribution < 1.29 is 23.8 Å². The quantitative estimate of drug-likeness (QED) is 0.819. The fourth-order valence-electron chi connectivity index (χ4n) is 1.67. The minimum Gasteiger partial charge on any atom is -0.496 e. The topological polar surface area (TPSA) is 55.8 Å². The number of aliphatic hydroxyl groups excluding tert-OH is 1. The van der Waals surface area contributed by atoms with Gasteiger partial charge in [-0.15, -0.1) is 0 Å². The Morgan fingerprint density at radius 3 is 2.61 bits per heavy atom. The lowest BCUT2D eigenvalue weighted by Crippen LogP contribution is -2.16. The normalized spacial score (nSPS) is 12.1. The second kappa shape index (κ2) is 6.35. The molecule has 0 spiro atoms. The maximum Gasteiger partial charge on any atom is 0.339 e. The Hall–Kier alpha value is -1.62. The van der Waals surface area contributed by atoms with Crippen LogP contribution < -0.4 is 4.74 Å². The van der Waals surface area contributed by atoms with Crippen LogP contribution in [-0.4, -0.2) is 24.8 Å². The van der Waals surface area contributed by atoms with Crippen molar-refractivity contribution in [3.8, 4) is 5.75 Å². The van der Waals surface area contributed by atoms with E-state index in [0.29, 0.717) is 17.7 Å². The number of halogens is 1. The Kier molecular flexibility index (Phi) is 5.09. The van der Waals surface area contributed by atoms with Gasteiger partial charge in [0.1, 0.15) is 11.6 Å². The fraction of sp³-hybridized carbons (Fsp3) is 0.462. The van der Waals surface area contributed by atoms with Crippen LogP contribution in [-0.2, 0) is 16.0 Å². The molecule has 1 unspecified atom stereocenters. The third-order valence-electron chi connectivity index (χ3n) is 2.58. The predicted octanol–water partition coefficient (Wildman–Crippen LogP) is 1.99. The molecule has 0 heterocycles. The minimum atomic E-state index is -1.50. The number of aliphatic hydroxyl groups is 1. The van der Waals surface area contributed by atoms with Gasteiger partial charge >= 0.3 is 5.97 Å². The third kappa shape index (κ3) is 2.98. The highest BCUT2D eigenvalue weighted by molar-refractivity contribution is 5.76. The number of carbonyl (C=O) groups is 1. The van der Waals surface area contributed by atoms with Gasteiger partial charge < -0.3 is 14.6 Å². The van der Waals surface area contributed by atoms with E-state index in [1.807, 2.05) is 0 Å². The molecule has 0 aliphatic rings. The molecule has 0 aliphatic carbocycles. The highest BCUT2D eigenvalue weighted by Crippen LogP contribution is 2.27. The van der Waals surface area contributed by atoms with Crippen LogP contribution in [0.5, 0.6) is 5.75 Å². The molecule has 0 saturated carbocycles. The average molecular weight is 256 g/mol. The molecule has 18 heavy (non-hydrogen) atoms. The Labute approximate surface area is 105 Å². The van der Waals surface area contributed by atoms with Gasteiger partial charge in [-0.25, -0.2) is 9.18 Å². The zero-order valence-electron chi connectivity index (χ0n) is 10.7. The number of benzene rings is 1. The Morgan fingerprint density at radius 2 is 2.11 bits per heavy atom. The minimum absolute atomic E-state index is 0.125. The summed E-state index contributed by atoms with van der Waals surface area (Å²) in [7, 11) is 1.41. The maximum atomic E-state index is 13.8. The van der Waals surface area contributed by atoms with E-state index in [1.54, 1.807) is 13.8 Å². The van der Waals surface area contributed by atoms with Crippen molar-refractivity contribution in [2.45, 2.75) is 26.4 Å². The second-order valence-electron chi connectivity index (χ2n) is 3.69. The first-order chi connectivity index (χ1) is 8.54. The molecular weight excluding hydrogens is 239 g/mol. The molecule has 0 aliphatic heterocycles. The monoisotopic (exact) mass is 256 g/mol. The van der Waals surface area contributed by atoms with Crippen LogP contribution in [0.2, 0.25) is 0 Å². The first-order valence-corrected chi connectivity index (χ1v) is 5.76. The first-order valence-electron chi connectivity index (χ1n) is 5.76. The van der Waals surface area contributed by atoms with Crippen molar-refractivity contribution in [1.29, 1.82) is 0 Å². The highest BCUT2D eigenvalue weighted by atomic mass is 19.1. The van der Waals surface area contributed by atoms with Gasteiger partial charge in [-0.3, -0.25) is 0 Å². The molecule has 0 aromatic heterocycles. The molecule has 0 bridgehead atoms. The lowest BCUT2D eigenvalue weighted by molar-refractivity contribution is -0.153. The maximum absolute atomic E-state index is 13.8. The van der Waals surface area contributed by atoms with Crippen molar-refractivity contribution in [3.63, 3.8) is 0 Å². The molecule has 1 N–H and O–H groups in total. The molecule has 4 nitrogen and oxygen atoms in total. The molecule has 1 atom stereocenters. The SMILES string of the molecule is CCOC(=O)C(O)c1cc(F)c(CC)c(OC)c1. The number of hydrogen-bond acceptors (Lipinski definition) is 4. The molecule has 0 radical (unpaired) electrons. The Bertz CT molecular complexity index is 431. The summed E-state index contributed by atoms with van der Waals surface area (Å²) in [6.45, 7) is 3.58. The van der Waals surface area contributed by atoms with E-state index in [0.717, 1.165) is 6.07 Å². The second-order valence-corrected chi connectivity index (χ2v) is 3.69.